The highest BCUT2D eigenvalue weighted by Crippen LogP contribution is 2.36. The van der Waals surface area contributed by atoms with Crippen LogP contribution in [0.1, 0.15) is 5.56 Å². The first-order valence-corrected chi connectivity index (χ1v) is 7.49. The van der Waals surface area contributed by atoms with Gasteiger partial charge in [0.15, 0.2) is 0 Å². The van der Waals surface area contributed by atoms with Gasteiger partial charge in [-0.3, -0.25) is 4.79 Å². The molecule has 5 nitrogen and oxygen atoms in total. The van der Waals surface area contributed by atoms with Crippen LogP contribution in [0.25, 0.3) is 0 Å². The van der Waals surface area contributed by atoms with Crippen LogP contribution in [0, 0.1) is 11.3 Å². The van der Waals surface area contributed by atoms with E-state index in [0.717, 1.165) is 18.3 Å². The van der Waals surface area contributed by atoms with Crippen molar-refractivity contribution < 1.29 is 18.0 Å². The van der Waals surface area contributed by atoms with Crippen LogP contribution in [0.15, 0.2) is 54.2 Å². The molecule has 0 aromatic heterocycles. The fourth-order valence-corrected chi connectivity index (χ4v) is 2.11. The van der Waals surface area contributed by atoms with Crippen LogP contribution >= 0.6 is 11.6 Å². The van der Waals surface area contributed by atoms with Crippen molar-refractivity contribution in [3.05, 3.63) is 64.8 Å². The first-order chi connectivity index (χ1) is 12.2. The summed E-state index contributed by atoms with van der Waals surface area (Å²) in [5.74, 6) is -0.785. The average Bonchev–Trinajstić information content (AvgIpc) is 2.57. The molecule has 4 N–H and O–H groups in total. The molecular formula is C17H12ClF3N4O. The molecule has 0 saturated carbocycles. The third-order valence-electron chi connectivity index (χ3n) is 3.19. The number of nitrogen functional groups attached to an aromatic ring is 1. The molecule has 0 unspecified atom stereocenters. The van der Waals surface area contributed by atoms with Crippen molar-refractivity contribution in [2.45, 2.75) is 6.18 Å². The predicted molar refractivity (Wildman–Crippen MR) is 93.3 cm³/mol. The van der Waals surface area contributed by atoms with E-state index >= 15 is 0 Å². The van der Waals surface area contributed by atoms with Crippen molar-refractivity contribution >= 4 is 34.6 Å². The highest BCUT2D eigenvalue weighted by atomic mass is 35.5. The van der Waals surface area contributed by atoms with Gasteiger partial charge in [0.25, 0.3) is 5.91 Å². The number of nitrogens with two attached hydrogens (primary N) is 1. The summed E-state index contributed by atoms with van der Waals surface area (Å²) in [6.07, 6.45) is -3.76. The molecule has 0 aliphatic carbocycles. The van der Waals surface area contributed by atoms with E-state index in [1.165, 1.54) is 18.2 Å². The molecule has 0 heterocycles. The number of halogens is 4. The number of benzene rings is 2. The molecule has 0 saturated heterocycles. The number of hydrogen-bond acceptors (Lipinski definition) is 4. The second-order valence-corrected chi connectivity index (χ2v) is 5.51. The quantitative estimate of drug-likeness (QED) is 0.416. The lowest BCUT2D eigenvalue weighted by atomic mass is 10.1. The zero-order valence-electron chi connectivity index (χ0n) is 13.1. The highest BCUT2D eigenvalue weighted by molar-refractivity contribution is 6.30. The van der Waals surface area contributed by atoms with Gasteiger partial charge in [-0.25, -0.2) is 0 Å². The molecule has 0 radical (unpaired) electrons. The highest BCUT2D eigenvalue weighted by Gasteiger charge is 2.33. The number of nitrogens with zero attached hydrogens (tertiary/aromatic N) is 1. The molecule has 2 rings (SSSR count). The number of carbonyl (C=O) groups is 1. The van der Waals surface area contributed by atoms with Gasteiger partial charge in [-0.05, 0) is 42.5 Å². The number of anilines is 3. The molecule has 0 fully saturated rings. The Balaban J connectivity index is 2.21. The largest absolute Gasteiger partial charge is 0.418 e. The van der Waals surface area contributed by atoms with E-state index < -0.39 is 23.2 Å². The number of amides is 1. The zero-order valence-corrected chi connectivity index (χ0v) is 13.8. The minimum atomic E-state index is -4.65. The van der Waals surface area contributed by atoms with E-state index in [-0.39, 0.29) is 10.7 Å². The lowest BCUT2D eigenvalue weighted by Crippen LogP contribution is -2.15. The lowest BCUT2D eigenvalue weighted by Gasteiger charge is -2.13. The second kappa shape index (κ2) is 7.80. The standard InChI is InChI=1S/C17H12ClF3N4O/c18-11-1-6-15(14(7-11)17(19,20)21)24-9-10(8-22)16(26)25-13-4-2-12(23)3-5-13/h1-7,9,24H,23H2,(H,25,26)/b10-9-. The SMILES string of the molecule is N#C/C(=C/Nc1ccc(Cl)cc1C(F)(F)F)C(=O)Nc1ccc(N)cc1. The molecule has 0 atom stereocenters. The summed E-state index contributed by atoms with van der Waals surface area (Å²) in [6, 6.07) is 10.9. The molecule has 0 spiro atoms. The maximum atomic E-state index is 13.0. The third kappa shape index (κ3) is 4.91. The maximum Gasteiger partial charge on any atom is 0.418 e. The topological polar surface area (TPSA) is 90.9 Å². The number of nitrogens with one attached hydrogen (secondary N) is 2. The molecule has 9 heteroatoms. The summed E-state index contributed by atoms with van der Waals surface area (Å²) in [7, 11) is 0. The zero-order chi connectivity index (χ0) is 19.3. The van der Waals surface area contributed by atoms with Crippen LogP contribution in [0.5, 0.6) is 0 Å². The van der Waals surface area contributed by atoms with Gasteiger partial charge in [0.2, 0.25) is 0 Å². The van der Waals surface area contributed by atoms with Crippen molar-refractivity contribution in [1.82, 2.24) is 0 Å². The van der Waals surface area contributed by atoms with Gasteiger partial charge >= 0.3 is 6.18 Å². The smallest absolute Gasteiger partial charge is 0.399 e. The molecule has 2 aromatic carbocycles. The maximum absolute atomic E-state index is 13.0. The summed E-state index contributed by atoms with van der Waals surface area (Å²) < 4.78 is 39.1. The van der Waals surface area contributed by atoms with E-state index in [0.29, 0.717) is 11.4 Å². The van der Waals surface area contributed by atoms with Gasteiger partial charge in [-0.1, -0.05) is 11.6 Å². The van der Waals surface area contributed by atoms with Gasteiger partial charge in [-0.2, -0.15) is 18.4 Å². The van der Waals surface area contributed by atoms with Gasteiger partial charge in [-0.15, -0.1) is 0 Å². The Hall–Kier alpha value is -3.18. The summed E-state index contributed by atoms with van der Waals surface area (Å²) in [5.41, 5.74) is 4.63. The Kier molecular flexibility index (Phi) is 5.75. The number of nitriles is 1. The van der Waals surface area contributed by atoms with Crippen molar-refractivity contribution in [3.8, 4) is 6.07 Å². The minimum Gasteiger partial charge on any atom is -0.399 e. The van der Waals surface area contributed by atoms with Crippen LogP contribution in [-0.2, 0) is 11.0 Å². The lowest BCUT2D eigenvalue weighted by molar-refractivity contribution is -0.136. The summed E-state index contributed by atoms with van der Waals surface area (Å²) in [6.45, 7) is 0. The van der Waals surface area contributed by atoms with Crippen LogP contribution < -0.4 is 16.4 Å². The van der Waals surface area contributed by atoms with E-state index in [9.17, 15) is 18.0 Å². The molecule has 26 heavy (non-hydrogen) atoms. The van der Waals surface area contributed by atoms with Crippen molar-refractivity contribution in [1.29, 1.82) is 5.26 Å². The Morgan fingerprint density at radius 3 is 2.42 bits per heavy atom. The second-order valence-electron chi connectivity index (χ2n) is 5.08. The minimum absolute atomic E-state index is 0.0894. The van der Waals surface area contributed by atoms with Crippen molar-refractivity contribution in [2.24, 2.45) is 0 Å². The number of alkyl halides is 3. The van der Waals surface area contributed by atoms with Gasteiger partial charge in [0, 0.05) is 22.6 Å². The van der Waals surface area contributed by atoms with E-state index in [4.69, 9.17) is 22.6 Å². The van der Waals surface area contributed by atoms with Crippen LogP contribution in [-0.4, -0.2) is 5.91 Å². The van der Waals surface area contributed by atoms with Gasteiger partial charge in [0.1, 0.15) is 11.6 Å². The van der Waals surface area contributed by atoms with Crippen molar-refractivity contribution in [3.63, 3.8) is 0 Å². The summed E-state index contributed by atoms with van der Waals surface area (Å²) in [4.78, 5) is 12.1. The molecule has 0 aliphatic rings. The molecule has 1 amide bonds. The molecule has 0 aliphatic heterocycles. The molecule has 0 bridgehead atoms. The van der Waals surface area contributed by atoms with Gasteiger partial charge in [0.05, 0.1) is 11.3 Å². The van der Waals surface area contributed by atoms with Crippen LogP contribution in [0.2, 0.25) is 5.02 Å². The van der Waals surface area contributed by atoms with E-state index in [1.807, 2.05) is 0 Å². The Morgan fingerprint density at radius 1 is 1.19 bits per heavy atom. The third-order valence-corrected chi connectivity index (χ3v) is 3.43. The van der Waals surface area contributed by atoms with Crippen LogP contribution in [0.4, 0.5) is 30.2 Å². The van der Waals surface area contributed by atoms with Crippen LogP contribution in [0.3, 0.4) is 0 Å². The average molecular weight is 381 g/mol. The molecular weight excluding hydrogens is 369 g/mol. The summed E-state index contributed by atoms with van der Waals surface area (Å²) >= 11 is 5.60. The van der Waals surface area contributed by atoms with E-state index in [1.54, 1.807) is 18.2 Å². The fraction of sp³-hybridized carbons (Fsp3) is 0.0588. The monoisotopic (exact) mass is 380 g/mol. The Labute approximate surface area is 151 Å². The number of carbonyl (C=O) groups excluding carboxylic acids is 1. The summed E-state index contributed by atoms with van der Waals surface area (Å²) in [5, 5.41) is 13.8. The normalized spacial score (nSPS) is 11.6. The Morgan fingerprint density at radius 2 is 1.85 bits per heavy atom. The predicted octanol–water partition coefficient (Wildman–Crippen LogP) is 4.40. The number of rotatable bonds is 4. The van der Waals surface area contributed by atoms with Crippen molar-refractivity contribution in [2.75, 3.05) is 16.4 Å². The first kappa shape index (κ1) is 19.1. The number of hydrogen-bond donors (Lipinski definition) is 3. The van der Waals surface area contributed by atoms with E-state index in [2.05, 4.69) is 10.6 Å². The molecule has 2 aromatic rings. The molecule has 134 valence electrons. The fourth-order valence-electron chi connectivity index (χ4n) is 1.94. The Bertz CT molecular complexity index is 886. The van der Waals surface area contributed by atoms with Gasteiger partial charge < -0.3 is 16.4 Å². The first-order valence-electron chi connectivity index (χ1n) is 7.11.